The first-order valence-electron chi connectivity index (χ1n) is 9.94. The Labute approximate surface area is 178 Å². The minimum absolute atomic E-state index is 0.0678. The number of carbonyl (C=O) groups excluding carboxylic acids is 2. The first kappa shape index (κ1) is 20.9. The Hall–Kier alpha value is -3.36. The van der Waals surface area contributed by atoms with E-state index in [1.165, 1.54) is 15.9 Å². The molecule has 4 rings (SSSR count). The maximum absolute atomic E-state index is 13.5. The number of hydrogen-bond acceptors (Lipinski definition) is 4. The molecule has 0 bridgehead atoms. The fourth-order valence-corrected chi connectivity index (χ4v) is 3.98. The zero-order valence-corrected chi connectivity index (χ0v) is 17.4. The molecule has 0 unspecified atom stereocenters. The Morgan fingerprint density at radius 3 is 2.35 bits per heavy atom. The van der Waals surface area contributed by atoms with Gasteiger partial charge in [0, 0.05) is 37.9 Å². The predicted octanol–water partition coefficient (Wildman–Crippen LogP) is 2.81. The van der Waals surface area contributed by atoms with Crippen LogP contribution in [0.1, 0.15) is 11.1 Å². The molecule has 0 saturated carbocycles. The van der Waals surface area contributed by atoms with Crippen molar-refractivity contribution in [2.45, 2.75) is 13.0 Å². The average molecular weight is 431 g/mol. The number of benzene rings is 2. The van der Waals surface area contributed by atoms with E-state index >= 15 is 0 Å². The van der Waals surface area contributed by atoms with Crippen LogP contribution in [0.4, 0.5) is 19.3 Å². The molecule has 7 nitrogen and oxygen atoms in total. The summed E-state index contributed by atoms with van der Waals surface area (Å²) in [7, 11) is 3.15. The van der Waals surface area contributed by atoms with Gasteiger partial charge in [0.2, 0.25) is 5.91 Å². The second kappa shape index (κ2) is 8.41. The van der Waals surface area contributed by atoms with E-state index in [-0.39, 0.29) is 18.1 Å². The van der Waals surface area contributed by atoms with Crippen molar-refractivity contribution in [1.29, 1.82) is 0 Å². The van der Waals surface area contributed by atoms with Crippen LogP contribution in [0, 0.1) is 11.6 Å². The van der Waals surface area contributed by atoms with Crippen LogP contribution >= 0.6 is 0 Å². The highest BCUT2D eigenvalue weighted by Crippen LogP contribution is 2.33. The third kappa shape index (κ3) is 3.99. The quantitative estimate of drug-likeness (QED) is 0.731. The molecule has 2 aliphatic heterocycles. The molecule has 2 aliphatic rings. The van der Waals surface area contributed by atoms with Crippen LogP contribution in [0.2, 0.25) is 0 Å². The lowest BCUT2D eigenvalue weighted by molar-refractivity contribution is -0.132. The number of rotatable bonds is 5. The molecular formula is C22H23F2N3O4. The molecule has 0 aliphatic carbocycles. The molecule has 3 amide bonds. The Morgan fingerprint density at radius 2 is 1.68 bits per heavy atom. The number of fused-ring (bicyclic) bond motifs is 1. The first-order chi connectivity index (χ1) is 14.9. The van der Waals surface area contributed by atoms with Gasteiger partial charge < -0.3 is 19.3 Å². The highest BCUT2D eigenvalue weighted by molar-refractivity contribution is 5.96. The van der Waals surface area contributed by atoms with Crippen LogP contribution in [-0.4, -0.2) is 62.1 Å². The number of ether oxygens (including phenoxy) is 2. The van der Waals surface area contributed by atoms with Crippen molar-refractivity contribution < 1.29 is 27.8 Å². The molecule has 2 aromatic rings. The van der Waals surface area contributed by atoms with E-state index in [0.29, 0.717) is 44.1 Å². The molecule has 0 N–H and O–H groups in total. The molecule has 2 heterocycles. The van der Waals surface area contributed by atoms with Crippen molar-refractivity contribution in [3.05, 3.63) is 53.1 Å². The highest BCUT2D eigenvalue weighted by atomic mass is 19.2. The fraction of sp³-hybridized carbons (Fsp3) is 0.364. The summed E-state index contributed by atoms with van der Waals surface area (Å²) in [5, 5.41) is 0. The third-order valence-electron chi connectivity index (χ3n) is 5.71. The molecule has 2 aromatic carbocycles. The lowest BCUT2D eigenvalue weighted by Gasteiger charge is -2.31. The van der Waals surface area contributed by atoms with Crippen molar-refractivity contribution in [2.75, 3.05) is 45.3 Å². The van der Waals surface area contributed by atoms with Gasteiger partial charge >= 0.3 is 6.03 Å². The van der Waals surface area contributed by atoms with Gasteiger partial charge in [0.1, 0.15) is 6.54 Å². The Morgan fingerprint density at radius 1 is 0.968 bits per heavy atom. The van der Waals surface area contributed by atoms with Gasteiger partial charge in [0.05, 0.1) is 14.2 Å². The number of urea groups is 1. The summed E-state index contributed by atoms with van der Waals surface area (Å²) in [6.45, 7) is 1.53. The third-order valence-corrected chi connectivity index (χ3v) is 5.71. The van der Waals surface area contributed by atoms with Crippen LogP contribution in [0.15, 0.2) is 30.3 Å². The molecule has 31 heavy (non-hydrogen) atoms. The van der Waals surface area contributed by atoms with Crippen molar-refractivity contribution in [3.63, 3.8) is 0 Å². The largest absolute Gasteiger partial charge is 0.493 e. The minimum Gasteiger partial charge on any atom is -0.493 e. The fourth-order valence-electron chi connectivity index (χ4n) is 3.98. The molecule has 9 heteroatoms. The van der Waals surface area contributed by atoms with Crippen LogP contribution in [0.25, 0.3) is 0 Å². The second-order valence-electron chi connectivity index (χ2n) is 7.50. The van der Waals surface area contributed by atoms with Crippen molar-refractivity contribution in [2.24, 2.45) is 0 Å². The normalized spacial score (nSPS) is 15.9. The molecule has 164 valence electrons. The summed E-state index contributed by atoms with van der Waals surface area (Å²) in [6.07, 6.45) is 0.677. The van der Waals surface area contributed by atoms with Gasteiger partial charge in [0.15, 0.2) is 23.1 Å². The molecule has 0 aromatic heterocycles. The summed E-state index contributed by atoms with van der Waals surface area (Å²) in [5.74, 6) is -0.893. The van der Waals surface area contributed by atoms with E-state index in [2.05, 4.69) is 0 Å². The van der Waals surface area contributed by atoms with Crippen LogP contribution in [0.3, 0.4) is 0 Å². The molecular weight excluding hydrogens is 408 g/mol. The summed E-state index contributed by atoms with van der Waals surface area (Å²) in [4.78, 5) is 30.1. The summed E-state index contributed by atoms with van der Waals surface area (Å²) in [6, 6.07) is 6.73. The smallest absolute Gasteiger partial charge is 0.325 e. The summed E-state index contributed by atoms with van der Waals surface area (Å²) in [5.41, 5.74) is 2.35. The van der Waals surface area contributed by atoms with Crippen molar-refractivity contribution in [3.8, 4) is 11.5 Å². The van der Waals surface area contributed by atoms with Crippen LogP contribution in [-0.2, 0) is 17.8 Å². The van der Waals surface area contributed by atoms with E-state index < -0.39 is 17.7 Å². The predicted molar refractivity (Wildman–Crippen MR) is 109 cm³/mol. The van der Waals surface area contributed by atoms with E-state index in [0.717, 1.165) is 23.3 Å². The Kier molecular flexibility index (Phi) is 5.67. The minimum atomic E-state index is -1.01. The standard InChI is InChI=1S/C22H23F2N3O4/c1-30-19-9-14-5-6-25(12-15(14)10-20(19)31-2)21(28)13-26-7-8-27(22(26)29)16-3-4-17(23)18(24)11-16/h3-4,9-11H,5-8,12-13H2,1-2H3. The molecule has 0 spiro atoms. The van der Waals surface area contributed by atoms with Gasteiger partial charge in [-0.2, -0.15) is 0 Å². The van der Waals surface area contributed by atoms with Gasteiger partial charge in [0.25, 0.3) is 0 Å². The molecule has 0 radical (unpaired) electrons. The maximum atomic E-state index is 13.5. The van der Waals surface area contributed by atoms with Crippen LogP contribution in [0.5, 0.6) is 11.5 Å². The number of methoxy groups -OCH3 is 2. The van der Waals surface area contributed by atoms with E-state index in [4.69, 9.17) is 9.47 Å². The zero-order valence-electron chi connectivity index (χ0n) is 17.4. The van der Waals surface area contributed by atoms with Crippen molar-refractivity contribution >= 4 is 17.6 Å². The topological polar surface area (TPSA) is 62.3 Å². The Balaban J connectivity index is 1.42. The lowest BCUT2D eigenvalue weighted by Crippen LogP contribution is -2.44. The summed E-state index contributed by atoms with van der Waals surface area (Å²) < 4.78 is 37.4. The Bertz CT molecular complexity index is 1030. The van der Waals surface area contributed by atoms with Gasteiger partial charge in [-0.1, -0.05) is 0 Å². The van der Waals surface area contributed by atoms with E-state index in [1.807, 2.05) is 12.1 Å². The lowest BCUT2D eigenvalue weighted by atomic mass is 9.98. The molecule has 1 saturated heterocycles. The number of halogens is 2. The first-order valence-corrected chi connectivity index (χ1v) is 9.94. The second-order valence-corrected chi connectivity index (χ2v) is 7.50. The monoisotopic (exact) mass is 431 g/mol. The number of nitrogens with zero attached hydrogens (tertiary/aromatic N) is 3. The van der Waals surface area contributed by atoms with E-state index in [9.17, 15) is 18.4 Å². The number of hydrogen-bond donors (Lipinski definition) is 0. The number of carbonyl (C=O) groups is 2. The number of amides is 3. The average Bonchev–Trinajstić information content (AvgIpc) is 3.14. The van der Waals surface area contributed by atoms with Crippen LogP contribution < -0.4 is 14.4 Å². The molecule has 0 atom stereocenters. The van der Waals surface area contributed by atoms with Crippen molar-refractivity contribution in [1.82, 2.24) is 9.80 Å². The van der Waals surface area contributed by atoms with Gasteiger partial charge in [-0.05, 0) is 41.8 Å². The number of anilines is 1. The summed E-state index contributed by atoms with van der Waals surface area (Å²) >= 11 is 0. The van der Waals surface area contributed by atoms with E-state index in [1.54, 1.807) is 19.1 Å². The maximum Gasteiger partial charge on any atom is 0.325 e. The zero-order chi connectivity index (χ0) is 22.1. The van der Waals surface area contributed by atoms with Gasteiger partial charge in [-0.15, -0.1) is 0 Å². The highest BCUT2D eigenvalue weighted by Gasteiger charge is 2.33. The van der Waals surface area contributed by atoms with Gasteiger partial charge in [-0.3, -0.25) is 9.69 Å². The van der Waals surface area contributed by atoms with Gasteiger partial charge in [-0.25, -0.2) is 13.6 Å². The SMILES string of the molecule is COc1cc2c(cc1OC)CN(C(=O)CN1CCN(c3ccc(F)c(F)c3)C1=O)CC2. The molecule has 1 fully saturated rings.